The minimum Gasteiger partial charge on any atom is -0.464 e. The molecule has 24 heavy (non-hydrogen) atoms. The average Bonchev–Trinajstić information content (AvgIpc) is 3.05. The molecule has 6 nitrogen and oxygen atoms in total. The van der Waals surface area contributed by atoms with Gasteiger partial charge in [-0.2, -0.15) is 4.40 Å². The Labute approximate surface area is 164 Å². The van der Waals surface area contributed by atoms with E-state index in [1.54, 1.807) is 6.92 Å². The minimum atomic E-state index is -0.602. The third-order valence-corrected chi connectivity index (χ3v) is 5.88. The molecule has 0 aromatic rings. The van der Waals surface area contributed by atoms with Crippen molar-refractivity contribution < 1.29 is 14.6 Å². The number of aliphatic hydroxyl groups is 1. The Hall–Kier alpha value is -0.000000000000000167. The molecule has 0 fully saturated rings. The van der Waals surface area contributed by atoms with Crippen molar-refractivity contribution in [1.29, 1.82) is 0 Å². The van der Waals surface area contributed by atoms with Crippen LogP contribution in [0.25, 0.3) is 0 Å². The van der Waals surface area contributed by atoms with Crippen LogP contribution in [-0.2, 0) is 9.53 Å². The van der Waals surface area contributed by atoms with Gasteiger partial charge in [0.05, 0.1) is 11.7 Å². The second-order valence-corrected chi connectivity index (χ2v) is 8.10. The molecule has 0 aliphatic carbocycles. The lowest BCUT2D eigenvalue weighted by atomic mass is 9.93. The van der Waals surface area contributed by atoms with E-state index in [1.165, 1.54) is 20.9 Å². The molecule has 1 aliphatic heterocycles. The first kappa shape index (κ1) is 22.0. The van der Waals surface area contributed by atoms with Gasteiger partial charge in [0, 0.05) is 42.5 Å². The zero-order valence-corrected chi connectivity index (χ0v) is 17.9. The van der Waals surface area contributed by atoms with Crippen molar-refractivity contribution in [3.63, 3.8) is 0 Å². The second-order valence-electron chi connectivity index (χ2n) is 5.56. The Morgan fingerprint density at radius 1 is 1.58 bits per heavy atom. The van der Waals surface area contributed by atoms with Gasteiger partial charge in [0.2, 0.25) is 0 Å². The number of hydrogen-bond acceptors (Lipinski definition) is 7. The van der Waals surface area contributed by atoms with Gasteiger partial charge in [0.15, 0.2) is 6.04 Å². The van der Waals surface area contributed by atoms with Crippen molar-refractivity contribution in [2.24, 2.45) is 21.0 Å². The van der Waals surface area contributed by atoms with Crippen LogP contribution in [0.5, 0.6) is 0 Å². The Bertz CT molecular complexity index is 463. The van der Waals surface area contributed by atoms with Gasteiger partial charge in [0.1, 0.15) is 11.9 Å². The van der Waals surface area contributed by atoms with Gasteiger partial charge >= 0.3 is 5.97 Å². The molecule has 3 atom stereocenters. The van der Waals surface area contributed by atoms with Crippen LogP contribution in [0.15, 0.2) is 9.39 Å². The van der Waals surface area contributed by atoms with Crippen LogP contribution in [-0.4, -0.2) is 46.5 Å². The highest BCUT2D eigenvalue weighted by Gasteiger charge is 2.32. The van der Waals surface area contributed by atoms with Gasteiger partial charge < -0.3 is 15.6 Å². The molecule has 1 rings (SSSR count). The number of nitrogens with zero attached hydrogens (tertiary/aromatic N) is 2. The molecule has 1 aliphatic rings. The van der Waals surface area contributed by atoms with Crippen LogP contribution >= 0.6 is 42.1 Å². The van der Waals surface area contributed by atoms with E-state index in [0.717, 1.165) is 32.1 Å². The quantitative estimate of drug-likeness (QED) is 0.116. The van der Waals surface area contributed by atoms with Crippen molar-refractivity contribution in [2.75, 3.05) is 12.4 Å². The van der Waals surface area contributed by atoms with E-state index >= 15 is 0 Å². The summed E-state index contributed by atoms with van der Waals surface area (Å²) in [6, 6.07) is -0.473. The SMILES string of the molecule is CCOC(=O)C1CSC(C(O)C(CC)CCCC/C(N)=N/SI)=N1. The van der Waals surface area contributed by atoms with Gasteiger partial charge in [-0.1, -0.05) is 19.8 Å². The number of unbranched alkanes of at least 4 members (excludes halogenated alkanes) is 1. The highest BCUT2D eigenvalue weighted by atomic mass is 127. The summed E-state index contributed by atoms with van der Waals surface area (Å²) in [7, 11) is 1.34. The Morgan fingerprint density at radius 3 is 2.96 bits per heavy atom. The lowest BCUT2D eigenvalue weighted by Gasteiger charge is -2.21. The summed E-state index contributed by atoms with van der Waals surface area (Å²) in [5.41, 5.74) is 5.77. The maximum absolute atomic E-state index is 11.7. The molecule has 138 valence electrons. The van der Waals surface area contributed by atoms with Crippen LogP contribution in [0.3, 0.4) is 0 Å². The molecular weight excluding hydrogens is 461 g/mol. The lowest BCUT2D eigenvalue weighted by Crippen LogP contribution is -2.27. The highest BCUT2D eigenvalue weighted by molar-refractivity contribution is 14.2. The normalized spacial score (nSPS) is 20.6. The summed E-state index contributed by atoms with van der Waals surface area (Å²) in [6.45, 7) is 4.20. The predicted molar refractivity (Wildman–Crippen MR) is 112 cm³/mol. The van der Waals surface area contributed by atoms with Crippen LogP contribution < -0.4 is 5.73 Å². The molecule has 1 heterocycles. The number of aliphatic imine (C=N–C) groups is 1. The number of esters is 1. The van der Waals surface area contributed by atoms with Crippen LogP contribution in [0, 0.1) is 5.92 Å². The number of halogens is 1. The summed E-state index contributed by atoms with van der Waals surface area (Å²) in [6.07, 6.45) is 3.90. The highest BCUT2D eigenvalue weighted by Crippen LogP contribution is 2.28. The van der Waals surface area contributed by atoms with E-state index in [0.29, 0.717) is 23.2 Å². The van der Waals surface area contributed by atoms with E-state index in [2.05, 4.69) is 37.5 Å². The summed E-state index contributed by atoms with van der Waals surface area (Å²) in [5, 5.41) is 11.2. The maximum atomic E-state index is 11.7. The zero-order chi connectivity index (χ0) is 17.9. The van der Waals surface area contributed by atoms with E-state index in [1.807, 2.05) is 0 Å². The van der Waals surface area contributed by atoms with Gasteiger partial charge in [-0.25, -0.2) is 4.79 Å². The molecule has 0 amide bonds. The van der Waals surface area contributed by atoms with Gasteiger partial charge in [-0.15, -0.1) is 11.8 Å². The van der Waals surface area contributed by atoms with E-state index < -0.39 is 12.1 Å². The first-order valence-electron chi connectivity index (χ1n) is 8.18. The smallest absolute Gasteiger partial charge is 0.331 e. The largest absolute Gasteiger partial charge is 0.464 e. The van der Waals surface area contributed by atoms with E-state index in [4.69, 9.17) is 10.5 Å². The Balaban J connectivity index is 2.46. The first-order valence-corrected chi connectivity index (χ1v) is 12.5. The van der Waals surface area contributed by atoms with E-state index in [9.17, 15) is 9.90 Å². The van der Waals surface area contributed by atoms with E-state index in [-0.39, 0.29) is 11.9 Å². The average molecular weight is 487 g/mol. The molecule has 3 N–H and O–H groups in total. The summed E-state index contributed by atoms with van der Waals surface area (Å²) in [5.74, 6) is 1.07. The topological polar surface area (TPSA) is 97.3 Å². The molecular formula is C15H26IN3O3S2. The number of carbonyl (C=O) groups is 1. The molecule has 0 radical (unpaired) electrons. The number of aliphatic hydroxyl groups excluding tert-OH is 1. The number of ether oxygens (including phenoxy) is 1. The molecule has 0 aromatic carbocycles. The van der Waals surface area contributed by atoms with Crippen molar-refractivity contribution >= 4 is 58.9 Å². The first-order chi connectivity index (χ1) is 11.5. The number of amidine groups is 1. The summed E-state index contributed by atoms with van der Waals surface area (Å²) < 4.78 is 9.08. The molecule has 0 saturated carbocycles. The fourth-order valence-electron chi connectivity index (χ4n) is 2.50. The number of thioether (sulfide) groups is 1. The summed E-state index contributed by atoms with van der Waals surface area (Å²) in [4.78, 5) is 16.1. The van der Waals surface area contributed by atoms with Gasteiger partial charge in [0.25, 0.3) is 0 Å². The lowest BCUT2D eigenvalue weighted by molar-refractivity contribution is -0.143. The molecule has 0 spiro atoms. The fourth-order valence-corrected chi connectivity index (χ4v) is 4.55. The number of rotatable bonds is 11. The monoisotopic (exact) mass is 487 g/mol. The van der Waals surface area contributed by atoms with Crippen molar-refractivity contribution in [3.05, 3.63) is 0 Å². The molecule has 0 aromatic heterocycles. The minimum absolute atomic E-state index is 0.148. The van der Waals surface area contributed by atoms with Crippen molar-refractivity contribution in [1.82, 2.24) is 0 Å². The Morgan fingerprint density at radius 2 is 2.33 bits per heavy atom. The number of carbonyl (C=O) groups excluding carboxylic acids is 1. The van der Waals surface area contributed by atoms with Crippen LogP contribution in [0.1, 0.15) is 46.0 Å². The maximum Gasteiger partial charge on any atom is 0.331 e. The number of hydrogen-bond donors (Lipinski definition) is 2. The van der Waals surface area contributed by atoms with Gasteiger partial charge in [-0.05, 0) is 25.7 Å². The third-order valence-electron chi connectivity index (χ3n) is 3.86. The predicted octanol–water partition coefficient (Wildman–Crippen LogP) is 3.37. The molecule has 9 heteroatoms. The third kappa shape index (κ3) is 7.49. The van der Waals surface area contributed by atoms with Crippen LogP contribution in [0.4, 0.5) is 0 Å². The second kappa shape index (κ2) is 12.4. The molecule has 3 unspecified atom stereocenters. The van der Waals surface area contributed by atoms with Crippen molar-refractivity contribution in [2.45, 2.75) is 58.1 Å². The zero-order valence-electron chi connectivity index (χ0n) is 14.1. The van der Waals surface area contributed by atoms with Crippen molar-refractivity contribution in [3.8, 4) is 0 Å². The molecule has 0 saturated heterocycles. The standard InChI is InChI=1S/C15H26IN3O3S2/c1-3-10(7-5-6-8-12(17)19-24-16)13(20)14-18-11(9-23-14)15(21)22-4-2/h10-11,13,20H,3-9H2,1-2H3,(H2,17,19). The summed E-state index contributed by atoms with van der Waals surface area (Å²) >= 11 is 3.55. The fraction of sp³-hybridized carbons (Fsp3) is 0.800. The van der Waals surface area contributed by atoms with Gasteiger partial charge in [-0.3, -0.25) is 4.99 Å². The Kier molecular flexibility index (Phi) is 11.4. The number of nitrogens with two attached hydrogens (primary N) is 1. The molecule has 0 bridgehead atoms. The van der Waals surface area contributed by atoms with Crippen LogP contribution in [0.2, 0.25) is 0 Å².